The number of hydrogen-bond donors (Lipinski definition) is 1. The van der Waals surface area contributed by atoms with Gasteiger partial charge in [0.25, 0.3) is 5.91 Å². The Kier molecular flexibility index (Phi) is 5.47. The van der Waals surface area contributed by atoms with Crippen molar-refractivity contribution in [1.29, 1.82) is 0 Å². The molecule has 0 unspecified atom stereocenters. The first-order chi connectivity index (χ1) is 14.4. The van der Waals surface area contributed by atoms with Crippen molar-refractivity contribution in [3.63, 3.8) is 0 Å². The zero-order valence-electron chi connectivity index (χ0n) is 17.5. The van der Waals surface area contributed by atoms with E-state index >= 15 is 0 Å². The monoisotopic (exact) mass is 420 g/mol. The van der Waals surface area contributed by atoms with Gasteiger partial charge in [0.1, 0.15) is 11.9 Å². The summed E-state index contributed by atoms with van der Waals surface area (Å²) in [5.74, 6) is 0.404. The molecule has 0 saturated carbocycles. The summed E-state index contributed by atoms with van der Waals surface area (Å²) in [4.78, 5) is 36.7. The normalized spacial score (nSPS) is 18.3. The van der Waals surface area contributed by atoms with E-state index in [2.05, 4.69) is 10.3 Å². The van der Waals surface area contributed by atoms with E-state index in [1.807, 2.05) is 63.2 Å². The summed E-state index contributed by atoms with van der Waals surface area (Å²) in [7, 11) is 0. The van der Waals surface area contributed by atoms with Crippen LogP contribution in [0.1, 0.15) is 37.0 Å². The molecule has 154 valence electrons. The van der Waals surface area contributed by atoms with Gasteiger partial charge in [-0.05, 0) is 50.5 Å². The van der Waals surface area contributed by atoms with Crippen LogP contribution in [-0.2, 0) is 9.59 Å². The quantitative estimate of drug-likeness (QED) is 0.795. The zero-order chi connectivity index (χ0) is 21.4. The molecule has 2 aliphatic heterocycles. The van der Waals surface area contributed by atoms with E-state index in [0.29, 0.717) is 17.4 Å². The van der Waals surface area contributed by atoms with Crippen LogP contribution >= 0.6 is 11.8 Å². The van der Waals surface area contributed by atoms with Gasteiger partial charge in [0.15, 0.2) is 5.17 Å². The van der Waals surface area contributed by atoms with Crippen LogP contribution in [0.25, 0.3) is 0 Å². The van der Waals surface area contributed by atoms with Gasteiger partial charge < -0.3 is 5.32 Å². The van der Waals surface area contributed by atoms with E-state index in [4.69, 9.17) is 4.99 Å². The first-order valence-electron chi connectivity index (χ1n) is 10.0. The molecule has 2 aromatic carbocycles. The zero-order valence-corrected chi connectivity index (χ0v) is 18.3. The molecule has 0 radical (unpaired) electrons. The molecule has 6 nitrogen and oxygen atoms in total. The molecule has 30 heavy (non-hydrogen) atoms. The van der Waals surface area contributed by atoms with Gasteiger partial charge in [-0.25, -0.2) is 9.89 Å². The van der Waals surface area contributed by atoms with Gasteiger partial charge in [-0.3, -0.25) is 14.6 Å². The lowest BCUT2D eigenvalue weighted by Gasteiger charge is -2.27. The van der Waals surface area contributed by atoms with Crippen LogP contribution in [0.3, 0.4) is 0 Å². The molecule has 2 heterocycles. The Morgan fingerprint density at radius 1 is 1.17 bits per heavy atom. The number of anilines is 1. The number of thioether (sulfide) groups is 1. The van der Waals surface area contributed by atoms with Crippen LogP contribution in [0.5, 0.6) is 0 Å². The van der Waals surface area contributed by atoms with Gasteiger partial charge in [-0.1, -0.05) is 49.0 Å². The SMILES string of the molecule is CC[C@H](SC1=Nc2ccccc2C2=N[C@H](C)C(=O)N12)C(=O)Nc1c(C)cccc1C. The fourth-order valence-corrected chi connectivity index (χ4v) is 4.64. The van der Waals surface area contributed by atoms with E-state index in [1.165, 1.54) is 11.8 Å². The minimum Gasteiger partial charge on any atom is -0.325 e. The molecule has 0 saturated heterocycles. The van der Waals surface area contributed by atoms with Gasteiger partial charge >= 0.3 is 0 Å². The van der Waals surface area contributed by atoms with Crippen molar-refractivity contribution in [3.8, 4) is 0 Å². The highest BCUT2D eigenvalue weighted by Gasteiger charge is 2.40. The van der Waals surface area contributed by atoms with E-state index in [-0.39, 0.29) is 11.8 Å². The number of carbonyl (C=O) groups excluding carboxylic acids is 2. The molecule has 2 amide bonds. The number of rotatable bonds is 4. The van der Waals surface area contributed by atoms with Crippen molar-refractivity contribution >= 4 is 46.0 Å². The fourth-order valence-electron chi connectivity index (χ4n) is 3.62. The number of hydrogen-bond acceptors (Lipinski definition) is 5. The Balaban J connectivity index is 1.63. The van der Waals surface area contributed by atoms with Crippen LogP contribution in [0, 0.1) is 13.8 Å². The van der Waals surface area contributed by atoms with Gasteiger partial charge in [0.2, 0.25) is 5.91 Å². The second-order valence-electron chi connectivity index (χ2n) is 7.48. The van der Waals surface area contributed by atoms with Gasteiger partial charge in [-0.15, -0.1) is 0 Å². The Hall–Kier alpha value is -2.93. The molecule has 4 rings (SSSR count). The molecule has 0 fully saturated rings. The smallest absolute Gasteiger partial charge is 0.258 e. The van der Waals surface area contributed by atoms with Crippen molar-refractivity contribution in [2.75, 3.05) is 5.32 Å². The lowest BCUT2D eigenvalue weighted by Crippen LogP contribution is -2.42. The molecule has 0 aliphatic carbocycles. The summed E-state index contributed by atoms with van der Waals surface area (Å²) >= 11 is 1.31. The molecule has 2 aromatic rings. The summed E-state index contributed by atoms with van der Waals surface area (Å²) in [6.07, 6.45) is 0.603. The number of fused-ring (bicyclic) bond motifs is 3. The molecule has 0 bridgehead atoms. The molecular weight excluding hydrogens is 396 g/mol. The number of carbonyl (C=O) groups is 2. The number of para-hydroxylation sites is 2. The maximum atomic E-state index is 13.1. The highest BCUT2D eigenvalue weighted by atomic mass is 32.2. The largest absolute Gasteiger partial charge is 0.325 e. The van der Waals surface area contributed by atoms with Crippen LogP contribution in [-0.4, -0.2) is 39.0 Å². The molecule has 1 N–H and O–H groups in total. The summed E-state index contributed by atoms with van der Waals surface area (Å²) in [6, 6.07) is 13.1. The topological polar surface area (TPSA) is 74.1 Å². The summed E-state index contributed by atoms with van der Waals surface area (Å²) < 4.78 is 0. The van der Waals surface area contributed by atoms with E-state index in [1.54, 1.807) is 11.8 Å². The lowest BCUT2D eigenvalue weighted by molar-refractivity contribution is -0.124. The summed E-state index contributed by atoms with van der Waals surface area (Å²) in [5, 5.41) is 3.18. The highest BCUT2D eigenvalue weighted by Crippen LogP contribution is 2.35. The Bertz CT molecular complexity index is 1070. The number of nitrogens with one attached hydrogen (secondary N) is 1. The van der Waals surface area contributed by atoms with Gasteiger partial charge in [0, 0.05) is 11.3 Å². The summed E-state index contributed by atoms with van der Waals surface area (Å²) in [5.41, 5.74) is 4.48. The van der Waals surface area contributed by atoms with Crippen LogP contribution in [0.4, 0.5) is 11.4 Å². The number of amidine groups is 2. The number of benzene rings is 2. The average molecular weight is 421 g/mol. The van der Waals surface area contributed by atoms with Gasteiger partial charge in [-0.2, -0.15) is 0 Å². The standard InChI is InChI=1S/C23H24N4O2S/c1-5-18(21(28)26-19-13(2)9-8-10-14(19)3)30-23-25-17-12-7-6-11-16(17)20-24-15(4)22(29)27(20)23/h6-12,15,18H,5H2,1-4H3,(H,26,28)/t15-,18+/m1/s1. The van der Waals surface area contributed by atoms with Crippen LogP contribution in [0.2, 0.25) is 0 Å². The summed E-state index contributed by atoms with van der Waals surface area (Å²) in [6.45, 7) is 7.70. The minimum absolute atomic E-state index is 0.0976. The Morgan fingerprint density at radius 3 is 2.57 bits per heavy atom. The van der Waals surface area contributed by atoms with Crippen molar-refractivity contribution in [3.05, 3.63) is 59.2 Å². The van der Waals surface area contributed by atoms with Crippen molar-refractivity contribution < 1.29 is 9.59 Å². The molecule has 2 aliphatic rings. The van der Waals surface area contributed by atoms with Crippen molar-refractivity contribution in [1.82, 2.24) is 4.90 Å². The third kappa shape index (κ3) is 3.54. The fraction of sp³-hybridized carbons (Fsp3) is 0.304. The molecule has 0 spiro atoms. The van der Waals surface area contributed by atoms with Crippen molar-refractivity contribution in [2.24, 2.45) is 9.98 Å². The van der Waals surface area contributed by atoms with Crippen LogP contribution in [0.15, 0.2) is 52.4 Å². The van der Waals surface area contributed by atoms with Crippen molar-refractivity contribution in [2.45, 2.75) is 45.4 Å². The van der Waals surface area contributed by atoms with E-state index in [0.717, 1.165) is 28.1 Å². The predicted octanol–water partition coefficient (Wildman–Crippen LogP) is 4.43. The molecule has 2 atom stereocenters. The first kappa shape index (κ1) is 20.3. The van der Waals surface area contributed by atoms with E-state index in [9.17, 15) is 9.59 Å². The number of nitrogens with zero attached hydrogens (tertiary/aromatic N) is 3. The van der Waals surface area contributed by atoms with Gasteiger partial charge in [0.05, 0.1) is 10.9 Å². The van der Waals surface area contributed by atoms with E-state index < -0.39 is 11.3 Å². The maximum absolute atomic E-state index is 13.1. The Labute approximate surface area is 180 Å². The highest BCUT2D eigenvalue weighted by molar-refractivity contribution is 8.15. The second kappa shape index (κ2) is 8.07. The maximum Gasteiger partial charge on any atom is 0.258 e. The lowest BCUT2D eigenvalue weighted by atomic mass is 10.1. The molecule has 7 heteroatoms. The third-order valence-electron chi connectivity index (χ3n) is 5.30. The Morgan fingerprint density at radius 2 is 1.87 bits per heavy atom. The molecular formula is C23H24N4O2S. The second-order valence-corrected chi connectivity index (χ2v) is 8.65. The number of aliphatic imine (C=N–C) groups is 2. The number of aryl methyl sites for hydroxylation is 2. The predicted molar refractivity (Wildman–Crippen MR) is 123 cm³/mol. The third-order valence-corrected chi connectivity index (χ3v) is 6.61. The molecule has 0 aromatic heterocycles. The minimum atomic E-state index is -0.458. The number of amides is 2. The van der Waals surface area contributed by atoms with Crippen LogP contribution < -0.4 is 5.32 Å². The average Bonchev–Trinajstić information content (AvgIpc) is 3.04. The first-order valence-corrected chi connectivity index (χ1v) is 10.9.